The standard InChI is InChI=1S/C18H19BrN2O4/c1-12(2)9-10-25-17-8-7-13(11-14(17)19)18(22)20-15-5-3-4-6-16(15)21(23)24/h3-8,11-12H,9-10H2,1-2H3,(H,20,22). The topological polar surface area (TPSA) is 81.5 Å². The third kappa shape index (κ3) is 5.29. The summed E-state index contributed by atoms with van der Waals surface area (Å²) in [6.07, 6.45) is 0.937. The van der Waals surface area contributed by atoms with Gasteiger partial charge in [0.25, 0.3) is 11.6 Å². The van der Waals surface area contributed by atoms with Crippen molar-refractivity contribution in [1.29, 1.82) is 0 Å². The molecule has 2 rings (SSSR count). The molecule has 6 nitrogen and oxygen atoms in total. The van der Waals surface area contributed by atoms with Gasteiger partial charge in [0.1, 0.15) is 11.4 Å². The monoisotopic (exact) mass is 406 g/mol. The van der Waals surface area contributed by atoms with E-state index in [1.54, 1.807) is 30.3 Å². The van der Waals surface area contributed by atoms with E-state index in [0.29, 0.717) is 28.3 Å². The lowest BCUT2D eigenvalue weighted by Gasteiger charge is -2.11. The van der Waals surface area contributed by atoms with Crippen LogP contribution in [0.25, 0.3) is 0 Å². The van der Waals surface area contributed by atoms with Crippen molar-refractivity contribution in [3.8, 4) is 5.75 Å². The molecule has 0 saturated carbocycles. The Bertz CT molecular complexity index is 777. The third-order valence-corrected chi connectivity index (χ3v) is 4.12. The molecule has 132 valence electrons. The number of nitro groups is 1. The van der Waals surface area contributed by atoms with Gasteiger partial charge >= 0.3 is 0 Å². The van der Waals surface area contributed by atoms with Crippen LogP contribution in [0.2, 0.25) is 0 Å². The van der Waals surface area contributed by atoms with Gasteiger partial charge in [-0.1, -0.05) is 26.0 Å². The molecule has 2 aromatic carbocycles. The highest BCUT2D eigenvalue weighted by Crippen LogP contribution is 2.28. The van der Waals surface area contributed by atoms with Gasteiger partial charge in [-0.2, -0.15) is 0 Å². The van der Waals surface area contributed by atoms with E-state index in [9.17, 15) is 14.9 Å². The summed E-state index contributed by atoms with van der Waals surface area (Å²) < 4.78 is 6.34. The average molecular weight is 407 g/mol. The molecule has 7 heteroatoms. The minimum Gasteiger partial charge on any atom is -0.492 e. The van der Waals surface area contributed by atoms with Crippen molar-refractivity contribution in [3.05, 3.63) is 62.6 Å². The van der Waals surface area contributed by atoms with Crippen molar-refractivity contribution < 1.29 is 14.5 Å². The van der Waals surface area contributed by atoms with Crippen LogP contribution in [0.15, 0.2) is 46.9 Å². The zero-order chi connectivity index (χ0) is 18.4. The first-order valence-corrected chi connectivity index (χ1v) is 8.65. The number of nitrogens with zero attached hydrogens (tertiary/aromatic N) is 1. The number of nitro benzene ring substituents is 1. The molecule has 0 aliphatic rings. The van der Waals surface area contributed by atoms with Gasteiger partial charge < -0.3 is 10.1 Å². The Kier molecular flexibility index (Phi) is 6.52. The molecule has 0 spiro atoms. The Hall–Kier alpha value is -2.41. The number of para-hydroxylation sites is 2. The van der Waals surface area contributed by atoms with Gasteiger partial charge in [0, 0.05) is 11.6 Å². The number of amides is 1. The minimum atomic E-state index is -0.531. The van der Waals surface area contributed by atoms with Crippen LogP contribution in [0.5, 0.6) is 5.75 Å². The second-order valence-electron chi connectivity index (χ2n) is 5.90. The maximum absolute atomic E-state index is 12.4. The zero-order valence-corrected chi connectivity index (χ0v) is 15.6. The summed E-state index contributed by atoms with van der Waals surface area (Å²) in [6, 6.07) is 11.0. The fraction of sp³-hybridized carbons (Fsp3) is 0.278. The number of anilines is 1. The van der Waals surface area contributed by atoms with E-state index in [1.807, 2.05) is 0 Å². The minimum absolute atomic E-state index is 0.149. The molecule has 0 fully saturated rings. The molecular weight excluding hydrogens is 388 g/mol. The van der Waals surface area contributed by atoms with Gasteiger partial charge in [-0.15, -0.1) is 0 Å². The van der Waals surface area contributed by atoms with Crippen LogP contribution in [-0.4, -0.2) is 17.4 Å². The predicted octanol–water partition coefficient (Wildman–Crippen LogP) is 5.03. The molecule has 0 radical (unpaired) electrons. The molecule has 1 N–H and O–H groups in total. The highest BCUT2D eigenvalue weighted by molar-refractivity contribution is 9.10. The molecule has 0 atom stereocenters. The zero-order valence-electron chi connectivity index (χ0n) is 14.0. The molecule has 2 aromatic rings. The number of ether oxygens (including phenoxy) is 1. The number of nitrogens with one attached hydrogen (secondary N) is 1. The lowest BCUT2D eigenvalue weighted by molar-refractivity contribution is -0.383. The number of carbonyl (C=O) groups excluding carboxylic acids is 1. The average Bonchev–Trinajstić information content (AvgIpc) is 2.56. The first kappa shape index (κ1) is 18.9. The molecule has 0 aromatic heterocycles. The molecule has 0 unspecified atom stereocenters. The number of carbonyl (C=O) groups is 1. The molecule has 0 aliphatic carbocycles. The third-order valence-electron chi connectivity index (χ3n) is 3.50. The number of halogens is 1. The van der Waals surface area contributed by atoms with Crippen molar-refractivity contribution >= 4 is 33.2 Å². The quantitative estimate of drug-likeness (QED) is 0.515. The van der Waals surface area contributed by atoms with Crippen LogP contribution in [0.3, 0.4) is 0 Å². The SMILES string of the molecule is CC(C)CCOc1ccc(C(=O)Nc2ccccc2[N+](=O)[O-])cc1Br. The van der Waals surface area contributed by atoms with Crippen molar-refractivity contribution in [2.45, 2.75) is 20.3 Å². The summed E-state index contributed by atoms with van der Waals surface area (Å²) in [7, 11) is 0. The van der Waals surface area contributed by atoms with Gasteiger partial charge in [-0.05, 0) is 52.5 Å². The molecule has 0 heterocycles. The normalized spacial score (nSPS) is 10.6. The van der Waals surface area contributed by atoms with E-state index >= 15 is 0 Å². The van der Waals surface area contributed by atoms with E-state index in [4.69, 9.17) is 4.74 Å². The van der Waals surface area contributed by atoms with Crippen LogP contribution in [0.4, 0.5) is 11.4 Å². The summed E-state index contributed by atoms with van der Waals surface area (Å²) >= 11 is 3.39. The van der Waals surface area contributed by atoms with Gasteiger partial charge in [0.15, 0.2) is 0 Å². The Morgan fingerprint density at radius 3 is 2.64 bits per heavy atom. The van der Waals surface area contributed by atoms with Crippen LogP contribution >= 0.6 is 15.9 Å². The fourth-order valence-corrected chi connectivity index (χ4v) is 2.59. The molecule has 0 aliphatic heterocycles. The highest BCUT2D eigenvalue weighted by Gasteiger charge is 2.16. The van der Waals surface area contributed by atoms with Gasteiger partial charge in [0.05, 0.1) is 16.0 Å². The Morgan fingerprint density at radius 1 is 1.28 bits per heavy atom. The summed E-state index contributed by atoms with van der Waals surface area (Å²) in [5.74, 6) is 0.775. The van der Waals surface area contributed by atoms with Crippen LogP contribution in [-0.2, 0) is 0 Å². The predicted molar refractivity (Wildman–Crippen MR) is 100 cm³/mol. The smallest absolute Gasteiger partial charge is 0.292 e. The van der Waals surface area contributed by atoms with Crippen molar-refractivity contribution in [2.24, 2.45) is 5.92 Å². The first-order chi connectivity index (χ1) is 11.9. The Balaban J connectivity index is 2.10. The van der Waals surface area contributed by atoms with E-state index in [2.05, 4.69) is 35.1 Å². The maximum atomic E-state index is 12.4. The number of hydrogen-bond acceptors (Lipinski definition) is 4. The van der Waals surface area contributed by atoms with Crippen molar-refractivity contribution in [3.63, 3.8) is 0 Å². The second kappa shape index (κ2) is 8.62. The second-order valence-corrected chi connectivity index (χ2v) is 6.76. The van der Waals surface area contributed by atoms with Crippen molar-refractivity contribution in [2.75, 3.05) is 11.9 Å². The summed E-state index contributed by atoms with van der Waals surface area (Å²) in [5, 5.41) is 13.6. The first-order valence-electron chi connectivity index (χ1n) is 7.85. The molecule has 0 saturated heterocycles. The lowest BCUT2D eigenvalue weighted by Crippen LogP contribution is -2.13. The molecule has 0 bridgehead atoms. The van der Waals surface area contributed by atoms with Crippen LogP contribution in [0.1, 0.15) is 30.6 Å². The molecular formula is C18H19BrN2O4. The van der Waals surface area contributed by atoms with Gasteiger partial charge in [0.2, 0.25) is 0 Å². The van der Waals surface area contributed by atoms with E-state index in [1.165, 1.54) is 12.1 Å². The summed E-state index contributed by atoms with van der Waals surface area (Å²) in [6.45, 7) is 4.83. The largest absolute Gasteiger partial charge is 0.492 e. The molecule has 25 heavy (non-hydrogen) atoms. The van der Waals surface area contributed by atoms with Gasteiger partial charge in [-0.25, -0.2) is 0 Å². The summed E-state index contributed by atoms with van der Waals surface area (Å²) in [5.41, 5.74) is 0.385. The summed E-state index contributed by atoms with van der Waals surface area (Å²) in [4.78, 5) is 22.8. The number of benzene rings is 2. The van der Waals surface area contributed by atoms with E-state index < -0.39 is 10.8 Å². The number of hydrogen-bond donors (Lipinski definition) is 1. The Morgan fingerprint density at radius 2 is 2.00 bits per heavy atom. The van der Waals surface area contributed by atoms with Crippen molar-refractivity contribution in [1.82, 2.24) is 0 Å². The van der Waals surface area contributed by atoms with Crippen LogP contribution in [0, 0.1) is 16.0 Å². The van der Waals surface area contributed by atoms with E-state index in [0.717, 1.165) is 6.42 Å². The maximum Gasteiger partial charge on any atom is 0.292 e. The highest BCUT2D eigenvalue weighted by atomic mass is 79.9. The van der Waals surface area contributed by atoms with Crippen LogP contribution < -0.4 is 10.1 Å². The Labute approximate surface area is 154 Å². The van der Waals surface area contributed by atoms with E-state index in [-0.39, 0.29) is 11.4 Å². The fourth-order valence-electron chi connectivity index (χ4n) is 2.10. The number of rotatable bonds is 7. The lowest BCUT2D eigenvalue weighted by atomic mass is 10.1. The van der Waals surface area contributed by atoms with Gasteiger partial charge in [-0.3, -0.25) is 14.9 Å². The molecule has 1 amide bonds.